The lowest BCUT2D eigenvalue weighted by Crippen LogP contribution is -2.72. The molecule has 278 valence electrons. The van der Waals surface area contributed by atoms with E-state index in [4.69, 9.17) is 9.47 Å². The van der Waals surface area contributed by atoms with Crippen LogP contribution in [0, 0.1) is 56.2 Å². The van der Waals surface area contributed by atoms with Gasteiger partial charge in [0, 0.05) is 34.7 Å². The molecule has 0 bridgehead atoms. The lowest BCUT2D eigenvalue weighted by Gasteiger charge is -2.70. The van der Waals surface area contributed by atoms with Gasteiger partial charge in [-0.2, -0.15) is 0 Å². The van der Waals surface area contributed by atoms with Crippen molar-refractivity contribution >= 4 is 5.97 Å². The van der Waals surface area contributed by atoms with E-state index < -0.39 is 112 Å². The molecule has 7 rings (SSSR count). The van der Waals surface area contributed by atoms with Gasteiger partial charge in [0.05, 0.1) is 36.4 Å². The van der Waals surface area contributed by atoms with Crippen LogP contribution in [-0.2, 0) is 14.3 Å². The normalized spacial score (nSPS) is 60.6. The number of ether oxygens (including phenoxy) is 2. The number of esters is 1. The minimum Gasteiger partial charge on any atom is -0.432 e. The van der Waals surface area contributed by atoms with Gasteiger partial charge in [-0.05, 0) is 74.5 Å². The van der Waals surface area contributed by atoms with E-state index in [1.807, 2.05) is 6.92 Å². The number of aliphatic hydroxyl groups is 10. The Morgan fingerprint density at radius 3 is 2.16 bits per heavy atom. The third kappa shape index (κ3) is 4.12. The first-order valence-corrected chi connectivity index (χ1v) is 18.0. The SMILES string of the molecule is C[C@@]1(O)[C@H](CO)CC[C@]2(C(=O)O[C@H]3O[C@@H](CO)[C@H](O)[C@@H](O)[C@@H]3O)CC[C@]34C[C@]3(C=C[C@@H]3[C@@]5(C)[C@H](O)[C@@H](O)[C@@H](O)[C@@](C)(CO)[C@@H]5CC[C@]34C)[C@@H]21. The molecule has 0 aromatic rings. The first kappa shape index (κ1) is 36.1. The molecule has 1 aliphatic heterocycles. The van der Waals surface area contributed by atoms with Crippen molar-refractivity contribution in [2.45, 2.75) is 127 Å². The third-order valence-corrected chi connectivity index (χ3v) is 16.3. The van der Waals surface area contributed by atoms with Crippen molar-refractivity contribution < 1.29 is 65.3 Å². The summed E-state index contributed by atoms with van der Waals surface area (Å²) in [5, 5.41) is 109. The molecule has 1 heterocycles. The second kappa shape index (κ2) is 11.1. The maximum absolute atomic E-state index is 14.6. The number of hydrogen-bond acceptors (Lipinski definition) is 13. The summed E-state index contributed by atoms with van der Waals surface area (Å²) in [7, 11) is 0. The molecule has 19 atom stereocenters. The molecular weight excluding hydrogens is 640 g/mol. The number of fused-ring (bicyclic) bond motifs is 4. The van der Waals surface area contributed by atoms with Gasteiger partial charge in [-0.15, -0.1) is 0 Å². The molecule has 5 saturated carbocycles. The molecule has 0 aromatic heterocycles. The summed E-state index contributed by atoms with van der Waals surface area (Å²) in [4.78, 5) is 14.6. The van der Waals surface area contributed by atoms with E-state index in [1.54, 1.807) is 13.8 Å². The van der Waals surface area contributed by atoms with E-state index in [0.29, 0.717) is 44.9 Å². The smallest absolute Gasteiger partial charge is 0.314 e. The first-order chi connectivity index (χ1) is 22.8. The zero-order valence-corrected chi connectivity index (χ0v) is 28.9. The molecule has 13 heteroatoms. The molecule has 10 N–H and O–H groups in total. The molecule has 6 aliphatic carbocycles. The lowest BCUT2D eigenvalue weighted by atomic mass is 9.35. The number of aliphatic hydroxyl groups excluding tert-OH is 9. The Hall–Kier alpha value is -1.23. The molecule has 7 aliphatic rings. The fourth-order valence-corrected chi connectivity index (χ4v) is 13.7. The van der Waals surface area contributed by atoms with Crippen molar-refractivity contribution in [1.29, 1.82) is 0 Å². The summed E-state index contributed by atoms with van der Waals surface area (Å²) < 4.78 is 11.4. The molecular formula is C36H56O13. The summed E-state index contributed by atoms with van der Waals surface area (Å²) in [6.07, 6.45) is -4.53. The van der Waals surface area contributed by atoms with Crippen molar-refractivity contribution in [3.8, 4) is 0 Å². The predicted molar refractivity (Wildman–Crippen MR) is 170 cm³/mol. The molecule has 0 aromatic carbocycles. The summed E-state index contributed by atoms with van der Waals surface area (Å²) in [6.45, 7) is 6.27. The monoisotopic (exact) mass is 696 g/mol. The van der Waals surface area contributed by atoms with E-state index in [0.717, 1.165) is 0 Å². The van der Waals surface area contributed by atoms with Crippen LogP contribution < -0.4 is 0 Å². The molecule has 1 saturated heterocycles. The van der Waals surface area contributed by atoms with Crippen LogP contribution in [0.4, 0.5) is 0 Å². The molecule has 0 amide bonds. The van der Waals surface area contributed by atoms with Crippen LogP contribution in [0.15, 0.2) is 12.2 Å². The van der Waals surface area contributed by atoms with Gasteiger partial charge in [0.2, 0.25) is 6.29 Å². The third-order valence-electron chi connectivity index (χ3n) is 16.3. The van der Waals surface area contributed by atoms with Crippen molar-refractivity contribution in [1.82, 2.24) is 0 Å². The van der Waals surface area contributed by atoms with Gasteiger partial charge in [-0.25, -0.2) is 0 Å². The van der Waals surface area contributed by atoms with Gasteiger partial charge >= 0.3 is 5.97 Å². The van der Waals surface area contributed by atoms with E-state index in [1.165, 1.54) is 0 Å². The van der Waals surface area contributed by atoms with Crippen LogP contribution in [-0.4, -0.2) is 131 Å². The van der Waals surface area contributed by atoms with Crippen LogP contribution in [0.5, 0.6) is 0 Å². The Morgan fingerprint density at radius 2 is 1.53 bits per heavy atom. The number of hydrogen-bond donors (Lipinski definition) is 10. The fourth-order valence-electron chi connectivity index (χ4n) is 13.7. The van der Waals surface area contributed by atoms with Crippen LogP contribution in [0.1, 0.15) is 72.6 Å². The Bertz CT molecular complexity index is 1370. The Kier molecular flexibility index (Phi) is 8.22. The van der Waals surface area contributed by atoms with Crippen molar-refractivity contribution in [2.75, 3.05) is 19.8 Å². The van der Waals surface area contributed by atoms with Crippen molar-refractivity contribution in [3.63, 3.8) is 0 Å². The van der Waals surface area contributed by atoms with Gasteiger partial charge in [0.25, 0.3) is 0 Å². The highest BCUT2D eigenvalue weighted by Crippen LogP contribution is 2.90. The van der Waals surface area contributed by atoms with E-state index in [2.05, 4.69) is 19.1 Å². The van der Waals surface area contributed by atoms with Crippen molar-refractivity contribution in [2.24, 2.45) is 56.2 Å². The quantitative estimate of drug-likeness (QED) is 0.122. The summed E-state index contributed by atoms with van der Waals surface area (Å²) in [5.74, 6) is -2.56. The zero-order chi connectivity index (χ0) is 35.9. The van der Waals surface area contributed by atoms with Gasteiger partial charge in [-0.1, -0.05) is 32.9 Å². The second-order valence-electron chi connectivity index (χ2n) is 17.9. The standard InChI is InChI=1S/C36H56O13/c1-30(16-39)19-6-8-31(2)20(32(19,3)26(45)24(43)25(30)44)7-10-35-15-36(31,35)12-11-34(9-5-17(13-37)33(4,47)28(34)35)29(46)49-27-23(42)22(41)21(40)18(14-38)48-27/h7,10,17-28,37-45,47H,5-6,8-9,11-16H2,1-4H3/t17-,18-,19-,20-,21-,22+,23-,24-,25+,26+,27+,28+,30-,31+,32-,33+,34-,35+,36+/m0/s1. The van der Waals surface area contributed by atoms with Gasteiger partial charge < -0.3 is 60.5 Å². The average Bonchev–Trinajstić information content (AvgIpc) is 3.78. The minimum atomic E-state index is -1.78. The summed E-state index contributed by atoms with van der Waals surface area (Å²) >= 11 is 0. The summed E-state index contributed by atoms with van der Waals surface area (Å²) in [5.41, 5.74) is -6.35. The number of rotatable bonds is 5. The van der Waals surface area contributed by atoms with Gasteiger partial charge in [0.15, 0.2) is 0 Å². The first-order valence-electron chi connectivity index (χ1n) is 18.0. The Labute approximate surface area is 286 Å². The highest BCUT2D eigenvalue weighted by Gasteiger charge is 2.87. The molecule has 0 unspecified atom stereocenters. The van der Waals surface area contributed by atoms with Crippen LogP contribution in [0.3, 0.4) is 0 Å². The predicted octanol–water partition coefficient (Wildman–Crippen LogP) is -1.04. The highest BCUT2D eigenvalue weighted by atomic mass is 16.7. The maximum atomic E-state index is 14.6. The molecule has 0 spiro atoms. The minimum absolute atomic E-state index is 0.270. The number of carbonyl (C=O) groups is 1. The van der Waals surface area contributed by atoms with Crippen LogP contribution in [0.2, 0.25) is 0 Å². The molecule has 13 nitrogen and oxygen atoms in total. The molecule has 0 radical (unpaired) electrons. The molecule has 49 heavy (non-hydrogen) atoms. The van der Waals surface area contributed by atoms with E-state index >= 15 is 0 Å². The van der Waals surface area contributed by atoms with Gasteiger partial charge in [0.1, 0.15) is 30.5 Å². The van der Waals surface area contributed by atoms with Gasteiger partial charge in [-0.3, -0.25) is 4.79 Å². The number of allylic oxidation sites excluding steroid dienone is 2. The average molecular weight is 697 g/mol. The summed E-state index contributed by atoms with van der Waals surface area (Å²) in [6, 6.07) is 0. The van der Waals surface area contributed by atoms with Crippen LogP contribution >= 0.6 is 0 Å². The zero-order valence-electron chi connectivity index (χ0n) is 28.9. The largest absolute Gasteiger partial charge is 0.432 e. The van der Waals surface area contributed by atoms with E-state index in [9.17, 15) is 55.9 Å². The van der Waals surface area contributed by atoms with Crippen LogP contribution in [0.25, 0.3) is 0 Å². The molecule has 6 fully saturated rings. The second-order valence-corrected chi connectivity index (χ2v) is 17.9. The number of carbonyl (C=O) groups excluding carboxylic acids is 1. The Balaban J connectivity index is 1.30. The van der Waals surface area contributed by atoms with E-state index in [-0.39, 0.29) is 25.0 Å². The Morgan fingerprint density at radius 1 is 0.837 bits per heavy atom. The van der Waals surface area contributed by atoms with Crippen molar-refractivity contribution in [3.05, 3.63) is 12.2 Å². The highest BCUT2D eigenvalue weighted by molar-refractivity contribution is 5.79. The fraction of sp³-hybridized carbons (Fsp3) is 0.917. The topological polar surface area (TPSA) is 238 Å². The lowest BCUT2D eigenvalue weighted by molar-refractivity contribution is -0.302. The maximum Gasteiger partial charge on any atom is 0.314 e.